The average molecular weight is 613 g/mol. The van der Waals surface area contributed by atoms with Crippen molar-refractivity contribution >= 4 is 73.6 Å². The Bertz CT molecular complexity index is 1800. The Balaban J connectivity index is 1.34. The number of rotatable bonds is 6. The second-order valence-electron chi connectivity index (χ2n) is 9.15. The lowest BCUT2D eigenvalue weighted by Crippen LogP contribution is -2.32. The van der Waals surface area contributed by atoms with Crippen molar-refractivity contribution in [3.05, 3.63) is 91.5 Å². The SMILES string of the molecule is NS(=O)(=O)c1ccc(NC(=O)Cn2c3c(sc2=O)[C@H](c2cccs2)C2C(=O)N(c4ccccc4)C(=O)C2S3)cc1. The number of carbonyl (C=O) groups is 3. The molecular weight excluding hydrogens is 593 g/mol. The molecule has 14 heteroatoms. The molecule has 0 radical (unpaired) electrons. The number of sulfonamides is 1. The fourth-order valence-corrected chi connectivity index (χ4v) is 9.17. The minimum Gasteiger partial charge on any atom is -0.325 e. The summed E-state index contributed by atoms with van der Waals surface area (Å²) in [5.74, 6) is -2.38. The first kappa shape index (κ1) is 26.7. The number of hydrogen-bond donors (Lipinski definition) is 2. The number of nitrogens with two attached hydrogens (primary N) is 1. The molecule has 1 fully saturated rings. The summed E-state index contributed by atoms with van der Waals surface area (Å²) >= 11 is 3.57. The third-order valence-electron chi connectivity index (χ3n) is 6.68. The van der Waals surface area contributed by atoms with Gasteiger partial charge in [-0.15, -0.1) is 11.3 Å². The topological polar surface area (TPSA) is 149 Å². The second kappa shape index (κ2) is 10.1. The molecule has 2 aliphatic heterocycles. The number of anilines is 2. The smallest absolute Gasteiger partial charge is 0.308 e. The van der Waals surface area contributed by atoms with E-state index >= 15 is 0 Å². The normalized spacial score (nSPS) is 20.3. The third kappa shape index (κ3) is 4.61. The van der Waals surface area contributed by atoms with Crippen LogP contribution in [0.15, 0.2) is 86.8 Å². The molecule has 0 spiro atoms. The molecule has 10 nitrogen and oxygen atoms in total. The summed E-state index contributed by atoms with van der Waals surface area (Å²) in [5.41, 5.74) is 0.819. The van der Waals surface area contributed by atoms with Gasteiger partial charge in [-0.2, -0.15) is 0 Å². The zero-order valence-corrected chi connectivity index (χ0v) is 23.7. The number of para-hydroxylation sites is 1. The van der Waals surface area contributed by atoms with Crippen LogP contribution in [0.3, 0.4) is 0 Å². The van der Waals surface area contributed by atoms with Gasteiger partial charge in [-0.25, -0.2) is 18.5 Å². The molecule has 3 atom stereocenters. The van der Waals surface area contributed by atoms with Gasteiger partial charge in [-0.3, -0.25) is 23.7 Å². The van der Waals surface area contributed by atoms with Crippen LogP contribution < -0.4 is 20.2 Å². The Morgan fingerprint density at radius 1 is 0.950 bits per heavy atom. The highest BCUT2D eigenvalue weighted by atomic mass is 32.2. The van der Waals surface area contributed by atoms with Crippen LogP contribution in [0, 0.1) is 5.92 Å². The summed E-state index contributed by atoms with van der Waals surface area (Å²) in [7, 11) is -3.88. The quantitative estimate of drug-likeness (QED) is 0.318. The zero-order chi connectivity index (χ0) is 28.2. The van der Waals surface area contributed by atoms with Crippen molar-refractivity contribution in [1.29, 1.82) is 0 Å². The summed E-state index contributed by atoms with van der Waals surface area (Å²) in [6, 6.07) is 17.8. The van der Waals surface area contributed by atoms with E-state index in [9.17, 15) is 27.6 Å². The van der Waals surface area contributed by atoms with Crippen LogP contribution in [0.2, 0.25) is 0 Å². The molecule has 0 bridgehead atoms. The van der Waals surface area contributed by atoms with Crippen molar-refractivity contribution in [2.24, 2.45) is 11.1 Å². The van der Waals surface area contributed by atoms with E-state index in [2.05, 4.69) is 5.32 Å². The van der Waals surface area contributed by atoms with Gasteiger partial charge in [0.25, 0.3) is 0 Å². The molecule has 2 aliphatic rings. The molecule has 6 rings (SSSR count). The van der Waals surface area contributed by atoms with Gasteiger partial charge >= 0.3 is 4.87 Å². The van der Waals surface area contributed by atoms with E-state index in [4.69, 9.17) is 5.14 Å². The molecule has 40 heavy (non-hydrogen) atoms. The van der Waals surface area contributed by atoms with Crippen LogP contribution >= 0.6 is 34.4 Å². The number of benzene rings is 2. The number of aromatic nitrogens is 1. The molecule has 0 aliphatic carbocycles. The van der Waals surface area contributed by atoms with Crippen molar-refractivity contribution in [1.82, 2.24) is 4.57 Å². The van der Waals surface area contributed by atoms with E-state index in [-0.39, 0.29) is 28.1 Å². The van der Waals surface area contributed by atoms with Gasteiger partial charge < -0.3 is 5.32 Å². The number of thiazole rings is 1. The van der Waals surface area contributed by atoms with Crippen LogP contribution in [-0.4, -0.2) is 36.0 Å². The standard InChI is InChI=1S/C26H20N4O6S4/c27-40(35,36)16-10-8-14(9-11-16)28-18(31)13-29-25-22(39-26(29)34)19(17-7-4-12-37-17)20-21(38-25)24(33)30(23(20)32)15-5-2-1-3-6-15/h1-12,19-21H,13H2,(H,28,31)(H2,27,35,36)/t19-,20?,21?/m1/s1. The van der Waals surface area contributed by atoms with Crippen molar-refractivity contribution in [2.45, 2.75) is 27.6 Å². The number of thiophene rings is 1. The number of imide groups is 1. The largest absolute Gasteiger partial charge is 0.325 e. The van der Waals surface area contributed by atoms with E-state index in [1.165, 1.54) is 45.1 Å². The van der Waals surface area contributed by atoms with Crippen LogP contribution in [0.1, 0.15) is 15.7 Å². The van der Waals surface area contributed by atoms with Gasteiger partial charge in [-0.1, -0.05) is 47.4 Å². The first-order valence-electron chi connectivity index (χ1n) is 11.9. The van der Waals surface area contributed by atoms with Crippen LogP contribution in [0.25, 0.3) is 0 Å². The van der Waals surface area contributed by atoms with Crippen LogP contribution in [0.5, 0.6) is 0 Å². The van der Waals surface area contributed by atoms with Crippen LogP contribution in [-0.2, 0) is 31.0 Å². The molecule has 204 valence electrons. The summed E-state index contributed by atoms with van der Waals surface area (Å²) in [6.45, 7) is -0.326. The lowest BCUT2D eigenvalue weighted by atomic mass is 9.87. The van der Waals surface area contributed by atoms with Gasteiger partial charge in [0.1, 0.15) is 11.8 Å². The maximum atomic E-state index is 13.7. The molecule has 3 amide bonds. The zero-order valence-electron chi connectivity index (χ0n) is 20.4. The molecule has 4 aromatic rings. The predicted molar refractivity (Wildman–Crippen MR) is 153 cm³/mol. The Labute approximate surface area is 240 Å². The van der Waals surface area contributed by atoms with Crippen molar-refractivity contribution in [2.75, 3.05) is 10.2 Å². The molecule has 0 saturated carbocycles. The van der Waals surface area contributed by atoms with Gasteiger partial charge in [0, 0.05) is 21.4 Å². The van der Waals surface area contributed by atoms with Crippen molar-refractivity contribution in [3.63, 3.8) is 0 Å². The first-order valence-corrected chi connectivity index (χ1v) is 16.0. The summed E-state index contributed by atoms with van der Waals surface area (Å²) in [6.07, 6.45) is 0. The Hall–Kier alpha value is -3.56. The maximum absolute atomic E-state index is 13.7. The lowest BCUT2D eigenvalue weighted by molar-refractivity contribution is -0.122. The molecule has 1 saturated heterocycles. The number of nitrogens with zero attached hydrogens (tertiary/aromatic N) is 2. The molecule has 3 N–H and O–H groups in total. The number of hydrogen-bond acceptors (Lipinski definition) is 9. The predicted octanol–water partition coefficient (Wildman–Crippen LogP) is 3.05. The number of nitrogens with one attached hydrogen (secondary N) is 1. The highest BCUT2D eigenvalue weighted by Gasteiger charge is 2.57. The molecule has 2 aromatic heterocycles. The number of fused-ring (bicyclic) bond motifs is 2. The highest BCUT2D eigenvalue weighted by molar-refractivity contribution is 8.00. The van der Waals surface area contributed by atoms with Gasteiger partial charge in [0.2, 0.25) is 27.7 Å². The Morgan fingerprint density at radius 2 is 1.68 bits per heavy atom. The fraction of sp³-hybridized carbons (Fsp3) is 0.154. The van der Waals surface area contributed by atoms with E-state index in [1.807, 2.05) is 17.5 Å². The second-order valence-corrected chi connectivity index (χ2v) is 13.8. The summed E-state index contributed by atoms with van der Waals surface area (Å²) < 4.78 is 24.3. The Kier molecular flexibility index (Phi) is 6.74. The average Bonchev–Trinajstić information content (AvgIpc) is 3.62. The molecule has 2 aromatic carbocycles. The van der Waals surface area contributed by atoms with Gasteiger partial charge in [-0.05, 0) is 47.8 Å². The number of primary sulfonamides is 1. The number of thioether (sulfide) groups is 1. The highest BCUT2D eigenvalue weighted by Crippen LogP contribution is 2.54. The van der Waals surface area contributed by atoms with E-state index in [0.717, 1.165) is 28.0 Å². The van der Waals surface area contributed by atoms with Crippen molar-refractivity contribution < 1.29 is 22.8 Å². The fourth-order valence-electron chi connectivity index (χ4n) is 4.93. The molecule has 2 unspecified atom stereocenters. The van der Waals surface area contributed by atoms with Gasteiger partial charge in [0.15, 0.2) is 0 Å². The van der Waals surface area contributed by atoms with E-state index in [0.29, 0.717) is 21.3 Å². The molecular formula is C26H20N4O6S4. The minimum absolute atomic E-state index is 0.0977. The number of amides is 3. The van der Waals surface area contributed by atoms with E-state index in [1.54, 1.807) is 30.3 Å². The third-order valence-corrected chi connectivity index (χ3v) is 11.2. The van der Waals surface area contributed by atoms with E-state index < -0.39 is 33.0 Å². The first-order chi connectivity index (χ1) is 19.1. The van der Waals surface area contributed by atoms with Crippen LogP contribution in [0.4, 0.5) is 11.4 Å². The van der Waals surface area contributed by atoms with Crippen molar-refractivity contribution in [3.8, 4) is 0 Å². The monoisotopic (exact) mass is 612 g/mol. The Morgan fingerprint density at radius 3 is 2.33 bits per heavy atom. The summed E-state index contributed by atoms with van der Waals surface area (Å²) in [5, 5.41) is 9.39. The number of carbonyl (C=O) groups excluding carboxylic acids is 3. The summed E-state index contributed by atoms with van der Waals surface area (Å²) in [4.78, 5) is 55.7. The molecule has 4 heterocycles. The minimum atomic E-state index is -3.88. The lowest BCUT2D eigenvalue weighted by Gasteiger charge is -2.29. The maximum Gasteiger partial charge on any atom is 0.308 e. The van der Waals surface area contributed by atoms with Gasteiger partial charge in [0.05, 0.1) is 21.5 Å².